The van der Waals surface area contributed by atoms with E-state index in [-0.39, 0.29) is 0 Å². The summed E-state index contributed by atoms with van der Waals surface area (Å²) in [5, 5.41) is 0. The fourth-order valence-corrected chi connectivity index (χ4v) is 3.10. The van der Waals surface area contributed by atoms with Gasteiger partial charge >= 0.3 is 0 Å². The van der Waals surface area contributed by atoms with Crippen LogP contribution < -0.4 is 0 Å². The molecule has 2 aliphatic carbocycles. The molecule has 1 spiro atoms. The number of rotatable bonds is 3. The highest BCUT2D eigenvalue weighted by molar-refractivity contribution is 4.99. The van der Waals surface area contributed by atoms with Gasteiger partial charge < -0.3 is 0 Å². The molecular formula is C12H22. The third kappa shape index (κ3) is 1.53. The first kappa shape index (κ1) is 8.59. The topological polar surface area (TPSA) is 0 Å². The standard InChI is InChI=1S/C12H22/c1-2-3-6-11-7-4-5-8-12(11)9-10-12/h11H,2-10H2,1H3. The smallest absolute Gasteiger partial charge is 0.0269 e. The van der Waals surface area contributed by atoms with E-state index in [9.17, 15) is 0 Å². The van der Waals surface area contributed by atoms with Gasteiger partial charge in [0.2, 0.25) is 0 Å². The van der Waals surface area contributed by atoms with Gasteiger partial charge in [-0.25, -0.2) is 0 Å². The number of hydrogen-bond donors (Lipinski definition) is 0. The van der Waals surface area contributed by atoms with Crippen molar-refractivity contribution in [1.82, 2.24) is 0 Å². The summed E-state index contributed by atoms with van der Waals surface area (Å²) in [7, 11) is 0. The molecule has 70 valence electrons. The van der Waals surface area contributed by atoms with Crippen LogP contribution in [0.5, 0.6) is 0 Å². The normalized spacial score (nSPS) is 32.2. The molecule has 0 aromatic carbocycles. The van der Waals surface area contributed by atoms with Gasteiger partial charge in [-0.15, -0.1) is 0 Å². The molecule has 2 fully saturated rings. The van der Waals surface area contributed by atoms with Gasteiger partial charge in [0.25, 0.3) is 0 Å². The van der Waals surface area contributed by atoms with Crippen molar-refractivity contribution in [3.8, 4) is 0 Å². The minimum Gasteiger partial charge on any atom is -0.0654 e. The van der Waals surface area contributed by atoms with Crippen molar-refractivity contribution in [3.63, 3.8) is 0 Å². The molecule has 2 aliphatic rings. The predicted octanol–water partition coefficient (Wildman–Crippen LogP) is 4.15. The van der Waals surface area contributed by atoms with E-state index < -0.39 is 0 Å². The van der Waals surface area contributed by atoms with Crippen molar-refractivity contribution >= 4 is 0 Å². The van der Waals surface area contributed by atoms with Crippen LogP contribution in [0.4, 0.5) is 0 Å². The van der Waals surface area contributed by atoms with Crippen molar-refractivity contribution in [2.75, 3.05) is 0 Å². The maximum Gasteiger partial charge on any atom is -0.0269 e. The Bertz CT molecular complexity index is 144. The number of unbranched alkanes of at least 4 members (excludes halogenated alkanes) is 1. The molecule has 2 rings (SSSR count). The zero-order valence-corrected chi connectivity index (χ0v) is 8.44. The van der Waals surface area contributed by atoms with Gasteiger partial charge in [-0.1, -0.05) is 32.6 Å². The lowest BCUT2D eigenvalue weighted by Gasteiger charge is -2.31. The number of hydrogen-bond acceptors (Lipinski definition) is 0. The largest absolute Gasteiger partial charge is 0.0654 e. The summed E-state index contributed by atoms with van der Waals surface area (Å²) in [5.41, 5.74) is 0.896. The van der Waals surface area contributed by atoms with Gasteiger partial charge in [0.1, 0.15) is 0 Å². The molecular weight excluding hydrogens is 144 g/mol. The van der Waals surface area contributed by atoms with Gasteiger partial charge in [-0.05, 0) is 43.4 Å². The van der Waals surface area contributed by atoms with Crippen molar-refractivity contribution in [1.29, 1.82) is 0 Å². The molecule has 1 atom stereocenters. The molecule has 0 aromatic heterocycles. The van der Waals surface area contributed by atoms with E-state index in [0.717, 1.165) is 11.3 Å². The van der Waals surface area contributed by atoms with E-state index in [1.165, 1.54) is 32.1 Å². The lowest BCUT2D eigenvalue weighted by Crippen LogP contribution is -2.20. The van der Waals surface area contributed by atoms with Gasteiger partial charge in [0.05, 0.1) is 0 Å². The average Bonchev–Trinajstić information content (AvgIpc) is 2.85. The maximum atomic E-state index is 2.32. The summed E-state index contributed by atoms with van der Waals surface area (Å²) in [6.45, 7) is 2.32. The van der Waals surface area contributed by atoms with E-state index >= 15 is 0 Å². The van der Waals surface area contributed by atoms with Crippen LogP contribution in [0.15, 0.2) is 0 Å². The Morgan fingerprint density at radius 2 is 2.00 bits per heavy atom. The lowest BCUT2D eigenvalue weighted by molar-refractivity contribution is 0.197. The summed E-state index contributed by atoms with van der Waals surface area (Å²) in [5.74, 6) is 1.13. The van der Waals surface area contributed by atoms with Crippen LogP contribution in [0.25, 0.3) is 0 Å². The second-order valence-electron chi connectivity index (χ2n) is 4.95. The Hall–Kier alpha value is 0. The van der Waals surface area contributed by atoms with E-state index in [4.69, 9.17) is 0 Å². The molecule has 0 amide bonds. The van der Waals surface area contributed by atoms with Crippen LogP contribution >= 0.6 is 0 Å². The van der Waals surface area contributed by atoms with E-state index in [1.807, 2.05) is 0 Å². The first-order valence-corrected chi connectivity index (χ1v) is 5.87. The monoisotopic (exact) mass is 166 g/mol. The van der Waals surface area contributed by atoms with Crippen molar-refractivity contribution in [2.24, 2.45) is 11.3 Å². The fraction of sp³-hybridized carbons (Fsp3) is 1.00. The minimum absolute atomic E-state index is 0.896. The van der Waals surface area contributed by atoms with Gasteiger partial charge in [-0.3, -0.25) is 0 Å². The van der Waals surface area contributed by atoms with Gasteiger partial charge in [0, 0.05) is 0 Å². The zero-order valence-electron chi connectivity index (χ0n) is 8.44. The first-order valence-electron chi connectivity index (χ1n) is 5.87. The molecule has 0 radical (unpaired) electrons. The summed E-state index contributed by atoms with van der Waals surface area (Å²) < 4.78 is 0. The Labute approximate surface area is 76.7 Å². The van der Waals surface area contributed by atoms with E-state index in [1.54, 1.807) is 25.7 Å². The summed E-state index contributed by atoms with van der Waals surface area (Å²) in [6.07, 6.45) is 13.7. The molecule has 12 heavy (non-hydrogen) atoms. The summed E-state index contributed by atoms with van der Waals surface area (Å²) in [4.78, 5) is 0. The second kappa shape index (κ2) is 3.40. The van der Waals surface area contributed by atoms with Crippen LogP contribution in [-0.4, -0.2) is 0 Å². The Morgan fingerprint density at radius 1 is 1.17 bits per heavy atom. The Kier molecular flexibility index (Phi) is 2.43. The molecule has 0 aromatic rings. The minimum atomic E-state index is 0.896. The van der Waals surface area contributed by atoms with Crippen LogP contribution in [-0.2, 0) is 0 Å². The highest BCUT2D eigenvalue weighted by atomic mass is 14.5. The first-order chi connectivity index (χ1) is 5.87. The molecule has 0 N–H and O–H groups in total. The van der Waals surface area contributed by atoms with Crippen molar-refractivity contribution < 1.29 is 0 Å². The predicted molar refractivity (Wildman–Crippen MR) is 53.2 cm³/mol. The lowest BCUT2D eigenvalue weighted by atomic mass is 9.74. The highest BCUT2D eigenvalue weighted by Crippen LogP contribution is 2.60. The van der Waals surface area contributed by atoms with Crippen molar-refractivity contribution in [2.45, 2.75) is 64.7 Å². The Morgan fingerprint density at radius 3 is 2.67 bits per heavy atom. The van der Waals surface area contributed by atoms with E-state index in [2.05, 4.69) is 6.92 Å². The average molecular weight is 166 g/mol. The zero-order chi connectivity index (χ0) is 8.44. The van der Waals surface area contributed by atoms with Crippen LogP contribution in [0.2, 0.25) is 0 Å². The van der Waals surface area contributed by atoms with Crippen LogP contribution in [0.1, 0.15) is 64.7 Å². The molecule has 0 saturated heterocycles. The van der Waals surface area contributed by atoms with Crippen molar-refractivity contribution in [3.05, 3.63) is 0 Å². The third-order valence-corrected chi connectivity index (χ3v) is 4.14. The molecule has 1 unspecified atom stereocenters. The molecule has 0 aliphatic heterocycles. The second-order valence-corrected chi connectivity index (χ2v) is 4.95. The van der Waals surface area contributed by atoms with E-state index in [0.29, 0.717) is 0 Å². The van der Waals surface area contributed by atoms with Crippen LogP contribution in [0.3, 0.4) is 0 Å². The van der Waals surface area contributed by atoms with Gasteiger partial charge in [-0.2, -0.15) is 0 Å². The molecule has 0 nitrogen and oxygen atoms in total. The summed E-state index contributed by atoms with van der Waals surface area (Å²) >= 11 is 0. The third-order valence-electron chi connectivity index (χ3n) is 4.14. The fourth-order valence-electron chi connectivity index (χ4n) is 3.10. The van der Waals surface area contributed by atoms with Gasteiger partial charge in [0.15, 0.2) is 0 Å². The maximum absolute atomic E-state index is 2.32. The highest BCUT2D eigenvalue weighted by Gasteiger charge is 2.49. The SMILES string of the molecule is CCCCC1CCCCC12CC2. The molecule has 0 bridgehead atoms. The quantitative estimate of drug-likeness (QED) is 0.591. The molecule has 2 saturated carbocycles. The van der Waals surface area contributed by atoms with Crippen LogP contribution in [0, 0.1) is 11.3 Å². The molecule has 0 heterocycles. The Balaban J connectivity index is 1.84. The molecule has 0 heteroatoms. The summed E-state index contributed by atoms with van der Waals surface area (Å²) in [6, 6.07) is 0.